The lowest BCUT2D eigenvalue weighted by molar-refractivity contribution is -0.385. The van der Waals surface area contributed by atoms with Crippen LogP contribution in [0.15, 0.2) is 18.2 Å². The molecule has 90 valence electrons. The van der Waals surface area contributed by atoms with E-state index >= 15 is 0 Å². The van der Waals surface area contributed by atoms with Crippen LogP contribution in [0.4, 0.5) is 5.69 Å². The van der Waals surface area contributed by atoms with Gasteiger partial charge >= 0.3 is 0 Å². The van der Waals surface area contributed by atoms with Gasteiger partial charge in [0.25, 0.3) is 5.69 Å². The lowest BCUT2D eigenvalue weighted by atomic mass is 10.1. The van der Waals surface area contributed by atoms with E-state index in [4.69, 9.17) is 5.26 Å². The van der Waals surface area contributed by atoms with Gasteiger partial charge in [0.15, 0.2) is 5.12 Å². The van der Waals surface area contributed by atoms with Crippen molar-refractivity contribution in [3.8, 4) is 17.9 Å². The van der Waals surface area contributed by atoms with Crippen molar-refractivity contribution >= 4 is 22.6 Å². The maximum atomic E-state index is 10.7. The van der Waals surface area contributed by atoms with Gasteiger partial charge in [-0.05, 0) is 12.1 Å². The summed E-state index contributed by atoms with van der Waals surface area (Å²) in [6.45, 7) is 1.44. The zero-order valence-corrected chi connectivity index (χ0v) is 10.3. The van der Waals surface area contributed by atoms with Crippen LogP contribution >= 0.6 is 11.8 Å². The third-order valence-corrected chi connectivity index (χ3v) is 2.59. The minimum absolute atomic E-state index is 0.00339. The average molecular weight is 260 g/mol. The second-order valence-electron chi connectivity index (χ2n) is 3.18. The molecule has 0 aromatic heterocycles. The third-order valence-electron chi connectivity index (χ3n) is 1.90. The van der Waals surface area contributed by atoms with Gasteiger partial charge in [-0.2, -0.15) is 5.26 Å². The maximum Gasteiger partial charge on any atom is 0.288 e. The number of hydrogen-bond donors (Lipinski definition) is 0. The lowest BCUT2D eigenvalue weighted by Crippen LogP contribution is -1.93. The Morgan fingerprint density at radius 1 is 1.56 bits per heavy atom. The van der Waals surface area contributed by atoms with Crippen molar-refractivity contribution in [2.24, 2.45) is 0 Å². The van der Waals surface area contributed by atoms with Gasteiger partial charge in [-0.15, -0.1) is 0 Å². The Balaban J connectivity index is 2.92. The maximum absolute atomic E-state index is 10.7. The number of rotatable bonds is 2. The van der Waals surface area contributed by atoms with Crippen LogP contribution in [0.25, 0.3) is 0 Å². The van der Waals surface area contributed by atoms with Crippen LogP contribution in [-0.4, -0.2) is 15.8 Å². The van der Waals surface area contributed by atoms with Crippen LogP contribution in [0.1, 0.15) is 18.1 Å². The molecule has 1 aromatic rings. The molecule has 0 radical (unpaired) electrons. The van der Waals surface area contributed by atoms with E-state index < -0.39 is 4.92 Å². The van der Waals surface area contributed by atoms with Gasteiger partial charge in [-0.1, -0.05) is 23.6 Å². The Bertz CT molecular complexity index is 594. The van der Waals surface area contributed by atoms with E-state index in [-0.39, 0.29) is 16.4 Å². The van der Waals surface area contributed by atoms with Crippen LogP contribution in [0.3, 0.4) is 0 Å². The molecule has 18 heavy (non-hydrogen) atoms. The molecule has 5 nitrogen and oxygen atoms in total. The van der Waals surface area contributed by atoms with Crippen molar-refractivity contribution in [3.63, 3.8) is 0 Å². The fraction of sp³-hybridized carbons (Fsp3) is 0.167. The number of benzene rings is 1. The van der Waals surface area contributed by atoms with Gasteiger partial charge in [0.1, 0.15) is 11.6 Å². The minimum atomic E-state index is -0.617. The number of carbonyl (C=O) groups excluding carboxylic acids is 1. The van der Waals surface area contributed by atoms with Crippen LogP contribution in [0.2, 0.25) is 0 Å². The Kier molecular flexibility index (Phi) is 4.91. The number of carbonyl (C=O) groups is 1. The second kappa shape index (κ2) is 6.43. The SMILES string of the molecule is CC(=O)SCC#Cc1ccc(C#N)c([N+](=O)[O-])c1. The number of nitriles is 1. The smallest absolute Gasteiger partial charge is 0.288 e. The molecular formula is C12H8N2O3S. The zero-order valence-electron chi connectivity index (χ0n) is 9.47. The van der Waals surface area contributed by atoms with Crippen molar-refractivity contribution in [1.82, 2.24) is 0 Å². The molecule has 0 bridgehead atoms. The highest BCUT2D eigenvalue weighted by Gasteiger charge is 2.13. The lowest BCUT2D eigenvalue weighted by Gasteiger charge is -1.95. The fourth-order valence-corrected chi connectivity index (χ4v) is 1.48. The first-order valence-electron chi connectivity index (χ1n) is 4.85. The van der Waals surface area contributed by atoms with E-state index in [1.165, 1.54) is 25.1 Å². The molecule has 0 saturated carbocycles. The molecule has 0 unspecified atom stereocenters. The van der Waals surface area contributed by atoms with E-state index in [1.807, 2.05) is 0 Å². The molecular weight excluding hydrogens is 252 g/mol. The third kappa shape index (κ3) is 3.93. The summed E-state index contributed by atoms with van der Waals surface area (Å²) in [5.41, 5.74) is 0.192. The normalized spacial score (nSPS) is 8.89. The Morgan fingerprint density at radius 3 is 2.83 bits per heavy atom. The second-order valence-corrected chi connectivity index (χ2v) is 4.34. The quantitative estimate of drug-likeness (QED) is 0.462. The van der Waals surface area contributed by atoms with Gasteiger partial charge in [-0.25, -0.2) is 0 Å². The summed E-state index contributed by atoms with van der Waals surface area (Å²) in [5.74, 6) is 5.77. The first-order chi connectivity index (χ1) is 8.54. The first-order valence-corrected chi connectivity index (χ1v) is 5.84. The molecule has 0 fully saturated rings. The molecule has 1 rings (SSSR count). The number of hydrogen-bond acceptors (Lipinski definition) is 5. The number of thioether (sulfide) groups is 1. The number of nitro benzene ring substituents is 1. The number of nitrogens with zero attached hydrogens (tertiary/aromatic N) is 2. The summed E-state index contributed by atoms with van der Waals surface area (Å²) in [4.78, 5) is 20.7. The van der Waals surface area contributed by atoms with Gasteiger partial charge in [0.05, 0.1) is 10.7 Å². The van der Waals surface area contributed by atoms with Crippen molar-refractivity contribution in [1.29, 1.82) is 5.26 Å². The average Bonchev–Trinajstić information content (AvgIpc) is 2.34. The summed E-state index contributed by atoms with van der Waals surface area (Å²) in [5, 5.41) is 19.4. The van der Waals surface area contributed by atoms with E-state index in [2.05, 4.69) is 11.8 Å². The largest absolute Gasteiger partial charge is 0.288 e. The van der Waals surface area contributed by atoms with E-state index in [0.29, 0.717) is 11.3 Å². The van der Waals surface area contributed by atoms with Crippen LogP contribution in [0, 0.1) is 33.3 Å². The predicted molar refractivity (Wildman–Crippen MR) is 67.8 cm³/mol. The highest BCUT2D eigenvalue weighted by atomic mass is 32.2. The molecule has 0 aliphatic heterocycles. The Labute approximate surface area is 108 Å². The number of nitro groups is 1. The molecule has 0 atom stereocenters. The van der Waals surface area contributed by atoms with E-state index in [0.717, 1.165) is 11.8 Å². The van der Waals surface area contributed by atoms with Crippen LogP contribution < -0.4 is 0 Å². The van der Waals surface area contributed by atoms with E-state index in [1.54, 1.807) is 6.07 Å². The minimum Gasteiger partial charge on any atom is -0.288 e. The van der Waals surface area contributed by atoms with Crippen molar-refractivity contribution in [2.45, 2.75) is 6.92 Å². The monoisotopic (exact) mass is 260 g/mol. The molecule has 0 heterocycles. The molecule has 0 aliphatic rings. The molecule has 0 spiro atoms. The van der Waals surface area contributed by atoms with Crippen LogP contribution in [0.5, 0.6) is 0 Å². The molecule has 0 amide bonds. The fourth-order valence-electron chi connectivity index (χ4n) is 1.13. The zero-order chi connectivity index (χ0) is 13.5. The predicted octanol–water partition coefficient (Wildman–Crippen LogP) is 2.10. The molecule has 6 heteroatoms. The Morgan fingerprint density at radius 2 is 2.28 bits per heavy atom. The molecule has 0 aliphatic carbocycles. The van der Waals surface area contributed by atoms with Gasteiger partial charge in [0.2, 0.25) is 0 Å². The van der Waals surface area contributed by atoms with Crippen molar-refractivity contribution in [3.05, 3.63) is 39.4 Å². The molecule has 0 N–H and O–H groups in total. The summed E-state index contributed by atoms with van der Waals surface area (Å²) in [6, 6.07) is 5.90. The topological polar surface area (TPSA) is 84.0 Å². The molecule has 0 saturated heterocycles. The van der Waals surface area contributed by atoms with Crippen molar-refractivity contribution < 1.29 is 9.72 Å². The van der Waals surface area contributed by atoms with Gasteiger partial charge < -0.3 is 0 Å². The highest BCUT2D eigenvalue weighted by molar-refractivity contribution is 8.13. The summed E-state index contributed by atoms with van der Waals surface area (Å²) < 4.78 is 0. The highest BCUT2D eigenvalue weighted by Crippen LogP contribution is 2.18. The van der Waals surface area contributed by atoms with Crippen molar-refractivity contribution in [2.75, 3.05) is 5.75 Å². The summed E-state index contributed by atoms with van der Waals surface area (Å²) in [7, 11) is 0. The van der Waals surface area contributed by atoms with E-state index in [9.17, 15) is 14.9 Å². The first kappa shape index (κ1) is 13.8. The Hall–Kier alpha value is -2.31. The van der Waals surface area contributed by atoms with Gasteiger partial charge in [-0.3, -0.25) is 14.9 Å². The van der Waals surface area contributed by atoms with Gasteiger partial charge in [0, 0.05) is 18.6 Å². The standard InChI is InChI=1S/C12H8N2O3S/c1-9(15)18-6-2-3-10-4-5-11(8-13)12(7-10)14(16)17/h4-5,7H,6H2,1H3. The molecule has 1 aromatic carbocycles. The summed E-state index contributed by atoms with van der Waals surface area (Å²) >= 11 is 1.07. The summed E-state index contributed by atoms with van der Waals surface area (Å²) in [6.07, 6.45) is 0. The van der Waals surface area contributed by atoms with Crippen LogP contribution in [-0.2, 0) is 4.79 Å².